The summed E-state index contributed by atoms with van der Waals surface area (Å²) in [6, 6.07) is 8.53. The van der Waals surface area contributed by atoms with Gasteiger partial charge in [0.05, 0.1) is 5.52 Å². The fourth-order valence-electron chi connectivity index (χ4n) is 1.43. The second-order valence-corrected chi connectivity index (χ2v) is 4.93. The number of fused-ring (bicyclic) bond motifs is 1. The highest BCUT2D eigenvalue weighted by molar-refractivity contribution is 7.89. The monoisotopic (exact) mass is 237 g/mol. The number of rotatable bonds is 2. The molecule has 4 N–H and O–H groups in total. The molecule has 2 aromatic rings. The first kappa shape index (κ1) is 11.0. The molecule has 16 heavy (non-hydrogen) atoms. The highest BCUT2D eigenvalue weighted by Gasteiger charge is 2.09. The number of primary sulfonamides is 1. The van der Waals surface area contributed by atoms with Crippen LogP contribution in [0.4, 0.5) is 0 Å². The Labute approximate surface area is 93.1 Å². The van der Waals surface area contributed by atoms with E-state index in [1.165, 1.54) is 6.07 Å². The molecule has 0 saturated heterocycles. The smallest absolute Gasteiger partial charge is 0.255 e. The minimum absolute atomic E-state index is 0.130. The molecule has 1 aromatic heterocycles. The molecule has 0 fully saturated rings. The summed E-state index contributed by atoms with van der Waals surface area (Å²) in [7, 11) is -3.76. The van der Waals surface area contributed by atoms with Crippen LogP contribution in [0.3, 0.4) is 0 Å². The normalized spacial score (nSPS) is 11.9. The summed E-state index contributed by atoms with van der Waals surface area (Å²) in [4.78, 5) is 3.99. The van der Waals surface area contributed by atoms with E-state index in [1.807, 2.05) is 12.1 Å². The summed E-state index contributed by atoms with van der Waals surface area (Å²) in [5.74, 6) is 0. The van der Waals surface area contributed by atoms with Gasteiger partial charge in [0.1, 0.15) is 0 Å². The molecule has 0 radical (unpaired) electrons. The van der Waals surface area contributed by atoms with Crippen molar-refractivity contribution >= 4 is 20.9 Å². The molecule has 6 heteroatoms. The number of sulfonamides is 1. The maximum Gasteiger partial charge on any atom is 0.255 e. The Kier molecular flexibility index (Phi) is 2.63. The Morgan fingerprint density at radius 1 is 1.19 bits per heavy atom. The van der Waals surface area contributed by atoms with Crippen LogP contribution >= 0.6 is 0 Å². The first-order valence-electron chi connectivity index (χ1n) is 4.63. The van der Waals surface area contributed by atoms with Crippen molar-refractivity contribution in [3.63, 3.8) is 0 Å². The Balaban J connectivity index is 2.69. The van der Waals surface area contributed by atoms with Gasteiger partial charge in [-0.05, 0) is 23.8 Å². The van der Waals surface area contributed by atoms with Crippen molar-refractivity contribution < 1.29 is 8.42 Å². The minimum Gasteiger partial charge on any atom is -0.326 e. The molecule has 0 aliphatic rings. The van der Waals surface area contributed by atoms with Crippen molar-refractivity contribution in [3.8, 4) is 0 Å². The fraction of sp³-hybridized carbons (Fsp3) is 0.100. The maximum absolute atomic E-state index is 11.1. The van der Waals surface area contributed by atoms with E-state index in [0.717, 1.165) is 10.9 Å². The van der Waals surface area contributed by atoms with Crippen LogP contribution < -0.4 is 10.9 Å². The van der Waals surface area contributed by atoms with Gasteiger partial charge in [-0.25, -0.2) is 18.5 Å². The van der Waals surface area contributed by atoms with E-state index in [4.69, 9.17) is 10.9 Å². The summed E-state index contributed by atoms with van der Waals surface area (Å²) < 4.78 is 22.2. The standard InChI is InChI=1S/C10H11N3O2S/c11-6-7-1-2-8-3-4-10(16(12,14)15)13-9(8)5-7/h1-5H,6,11H2,(H2,12,14,15). The predicted molar refractivity (Wildman–Crippen MR) is 61.0 cm³/mol. The Bertz CT molecular complexity index is 638. The third-order valence-electron chi connectivity index (χ3n) is 2.26. The second-order valence-electron chi connectivity index (χ2n) is 3.43. The number of benzene rings is 1. The molecule has 0 aliphatic heterocycles. The van der Waals surface area contributed by atoms with Crippen LogP contribution in [0.25, 0.3) is 10.9 Å². The van der Waals surface area contributed by atoms with E-state index in [1.54, 1.807) is 12.1 Å². The summed E-state index contributed by atoms with van der Waals surface area (Å²) >= 11 is 0. The molecule has 0 bridgehead atoms. The van der Waals surface area contributed by atoms with Crippen LogP contribution in [0.5, 0.6) is 0 Å². The number of pyridine rings is 1. The van der Waals surface area contributed by atoms with Gasteiger partial charge in [0.15, 0.2) is 5.03 Å². The second kappa shape index (κ2) is 3.82. The van der Waals surface area contributed by atoms with Gasteiger partial charge >= 0.3 is 0 Å². The van der Waals surface area contributed by atoms with Gasteiger partial charge in [0.25, 0.3) is 10.0 Å². The SMILES string of the molecule is NCc1ccc2ccc(S(N)(=O)=O)nc2c1. The van der Waals surface area contributed by atoms with E-state index in [9.17, 15) is 8.42 Å². The Morgan fingerprint density at radius 2 is 1.88 bits per heavy atom. The average molecular weight is 237 g/mol. The zero-order valence-electron chi connectivity index (χ0n) is 8.42. The summed E-state index contributed by atoms with van der Waals surface area (Å²) in [6.07, 6.45) is 0. The van der Waals surface area contributed by atoms with Crippen LogP contribution in [0, 0.1) is 0 Å². The molecule has 0 atom stereocenters. The number of nitrogens with two attached hydrogens (primary N) is 2. The van der Waals surface area contributed by atoms with Gasteiger partial charge in [0, 0.05) is 11.9 Å². The van der Waals surface area contributed by atoms with Crippen molar-refractivity contribution in [1.82, 2.24) is 4.98 Å². The first-order chi connectivity index (χ1) is 7.50. The zero-order valence-corrected chi connectivity index (χ0v) is 9.24. The van der Waals surface area contributed by atoms with E-state index in [2.05, 4.69) is 4.98 Å². The largest absolute Gasteiger partial charge is 0.326 e. The molecule has 84 valence electrons. The van der Waals surface area contributed by atoms with Crippen molar-refractivity contribution in [2.24, 2.45) is 10.9 Å². The highest BCUT2D eigenvalue weighted by Crippen LogP contribution is 2.16. The lowest BCUT2D eigenvalue weighted by Crippen LogP contribution is -2.13. The summed E-state index contributed by atoms with van der Waals surface area (Å²) in [6.45, 7) is 0.386. The summed E-state index contributed by atoms with van der Waals surface area (Å²) in [5, 5.41) is 5.72. The molecule has 2 rings (SSSR count). The van der Waals surface area contributed by atoms with E-state index in [-0.39, 0.29) is 5.03 Å². The van der Waals surface area contributed by atoms with Gasteiger partial charge in [-0.3, -0.25) is 0 Å². The van der Waals surface area contributed by atoms with Gasteiger partial charge in [-0.2, -0.15) is 0 Å². The number of aromatic nitrogens is 1. The molecular formula is C10H11N3O2S. The minimum atomic E-state index is -3.76. The lowest BCUT2D eigenvalue weighted by molar-refractivity contribution is 0.594. The number of hydrogen-bond donors (Lipinski definition) is 2. The van der Waals surface area contributed by atoms with Gasteiger partial charge in [-0.15, -0.1) is 0 Å². The van der Waals surface area contributed by atoms with Crippen LogP contribution in [0.15, 0.2) is 35.4 Å². The third kappa shape index (κ3) is 2.04. The molecule has 0 spiro atoms. The average Bonchev–Trinajstić information content (AvgIpc) is 2.26. The fourth-order valence-corrected chi connectivity index (χ4v) is 1.91. The lowest BCUT2D eigenvalue weighted by atomic mass is 10.1. The Morgan fingerprint density at radius 3 is 2.50 bits per heavy atom. The molecule has 5 nitrogen and oxygen atoms in total. The topological polar surface area (TPSA) is 99.1 Å². The maximum atomic E-state index is 11.1. The van der Waals surface area contributed by atoms with E-state index < -0.39 is 10.0 Å². The number of hydrogen-bond acceptors (Lipinski definition) is 4. The molecule has 0 unspecified atom stereocenters. The van der Waals surface area contributed by atoms with Gasteiger partial charge in [-0.1, -0.05) is 12.1 Å². The van der Waals surface area contributed by atoms with E-state index >= 15 is 0 Å². The van der Waals surface area contributed by atoms with Crippen LogP contribution in [0.2, 0.25) is 0 Å². The zero-order chi connectivity index (χ0) is 11.8. The molecule has 1 aromatic carbocycles. The molecular weight excluding hydrogens is 226 g/mol. The molecule has 0 amide bonds. The van der Waals surface area contributed by atoms with Gasteiger partial charge in [0.2, 0.25) is 0 Å². The molecule has 1 heterocycles. The molecule has 0 aliphatic carbocycles. The third-order valence-corrected chi connectivity index (χ3v) is 3.07. The molecule has 0 saturated carbocycles. The van der Waals surface area contributed by atoms with Crippen LogP contribution in [-0.2, 0) is 16.6 Å². The first-order valence-corrected chi connectivity index (χ1v) is 6.18. The summed E-state index contributed by atoms with van der Waals surface area (Å²) in [5.41, 5.74) is 6.97. The van der Waals surface area contributed by atoms with E-state index in [0.29, 0.717) is 12.1 Å². The van der Waals surface area contributed by atoms with Crippen molar-refractivity contribution in [2.45, 2.75) is 11.6 Å². The predicted octanol–water partition coefficient (Wildman–Crippen LogP) is 0.341. The lowest BCUT2D eigenvalue weighted by Gasteiger charge is -2.02. The van der Waals surface area contributed by atoms with Crippen molar-refractivity contribution in [1.29, 1.82) is 0 Å². The quantitative estimate of drug-likeness (QED) is 0.786. The van der Waals surface area contributed by atoms with Gasteiger partial charge < -0.3 is 5.73 Å². The Hall–Kier alpha value is -1.50. The number of nitrogens with zero attached hydrogens (tertiary/aromatic N) is 1. The van der Waals surface area contributed by atoms with Crippen molar-refractivity contribution in [3.05, 3.63) is 35.9 Å². The highest BCUT2D eigenvalue weighted by atomic mass is 32.2. The van der Waals surface area contributed by atoms with Crippen LogP contribution in [0.1, 0.15) is 5.56 Å². The van der Waals surface area contributed by atoms with Crippen molar-refractivity contribution in [2.75, 3.05) is 0 Å². The van der Waals surface area contributed by atoms with Crippen LogP contribution in [-0.4, -0.2) is 13.4 Å².